The Morgan fingerprint density at radius 3 is 2.70 bits per heavy atom. The largest absolute Gasteiger partial charge is 0.493 e. The van der Waals surface area contributed by atoms with Crippen molar-refractivity contribution in [2.24, 2.45) is 5.10 Å². The van der Waals surface area contributed by atoms with Gasteiger partial charge in [-0.3, -0.25) is 4.79 Å². The lowest BCUT2D eigenvalue weighted by molar-refractivity contribution is -0.132. The van der Waals surface area contributed by atoms with E-state index >= 15 is 0 Å². The van der Waals surface area contributed by atoms with Crippen molar-refractivity contribution in [3.05, 3.63) is 86.8 Å². The SMILES string of the molecule is COc1cc([C@@H]2Oc3ccc(Cl)cc3[C@H]3CC(c4ccccc4)=NN32)cc(Br)c1OC(C)=O. The smallest absolute Gasteiger partial charge is 0.308 e. The quantitative estimate of drug-likeness (QED) is 0.295. The topological polar surface area (TPSA) is 60.4 Å². The minimum absolute atomic E-state index is 0.0365. The van der Waals surface area contributed by atoms with Crippen LogP contribution in [-0.4, -0.2) is 23.8 Å². The molecule has 3 aromatic rings. The minimum atomic E-state index is -0.513. The van der Waals surface area contributed by atoms with E-state index in [9.17, 15) is 4.79 Å². The number of methoxy groups -OCH3 is 1. The molecule has 0 aliphatic carbocycles. The van der Waals surface area contributed by atoms with Crippen molar-refractivity contribution >= 4 is 39.2 Å². The summed E-state index contributed by atoms with van der Waals surface area (Å²) in [4.78, 5) is 11.5. The average Bonchev–Trinajstić information content (AvgIpc) is 3.26. The lowest BCUT2D eigenvalue weighted by atomic mass is 9.96. The zero-order valence-electron chi connectivity index (χ0n) is 17.9. The van der Waals surface area contributed by atoms with E-state index in [1.165, 1.54) is 14.0 Å². The van der Waals surface area contributed by atoms with Crippen molar-refractivity contribution in [2.45, 2.75) is 25.6 Å². The number of esters is 1. The summed E-state index contributed by atoms with van der Waals surface area (Å²) in [5.41, 5.74) is 3.84. The summed E-state index contributed by atoms with van der Waals surface area (Å²) in [7, 11) is 1.53. The first-order valence-electron chi connectivity index (χ1n) is 10.4. The summed E-state index contributed by atoms with van der Waals surface area (Å²) in [6.07, 6.45) is 0.211. The van der Waals surface area contributed by atoms with E-state index in [-0.39, 0.29) is 6.04 Å². The molecule has 0 aromatic heterocycles. The van der Waals surface area contributed by atoms with Crippen molar-refractivity contribution in [1.29, 1.82) is 0 Å². The summed E-state index contributed by atoms with van der Waals surface area (Å²) >= 11 is 9.83. The van der Waals surface area contributed by atoms with E-state index in [1.54, 1.807) is 0 Å². The van der Waals surface area contributed by atoms with E-state index in [4.69, 9.17) is 30.9 Å². The molecule has 0 spiro atoms. The van der Waals surface area contributed by atoms with Gasteiger partial charge in [0.15, 0.2) is 11.5 Å². The van der Waals surface area contributed by atoms with Gasteiger partial charge in [-0.15, -0.1) is 0 Å². The molecule has 0 amide bonds. The highest BCUT2D eigenvalue weighted by atomic mass is 79.9. The van der Waals surface area contributed by atoms with E-state index in [2.05, 4.69) is 28.1 Å². The maximum atomic E-state index is 11.5. The number of fused-ring (bicyclic) bond motifs is 3. The highest BCUT2D eigenvalue weighted by Crippen LogP contribution is 2.49. The first-order valence-corrected chi connectivity index (χ1v) is 11.5. The van der Waals surface area contributed by atoms with Gasteiger partial charge in [0, 0.05) is 29.5 Å². The van der Waals surface area contributed by atoms with Crippen LogP contribution in [0.2, 0.25) is 5.02 Å². The van der Waals surface area contributed by atoms with E-state index in [0.29, 0.717) is 21.0 Å². The average molecular weight is 528 g/mol. The Labute approximate surface area is 204 Å². The number of hydrogen-bond acceptors (Lipinski definition) is 6. The Morgan fingerprint density at radius 1 is 1.18 bits per heavy atom. The second kappa shape index (κ2) is 8.72. The Bertz CT molecular complexity index is 1260. The Kier molecular flexibility index (Phi) is 5.76. The molecule has 8 heteroatoms. The zero-order chi connectivity index (χ0) is 23.1. The van der Waals surface area contributed by atoms with Crippen molar-refractivity contribution in [1.82, 2.24) is 5.01 Å². The summed E-state index contributed by atoms with van der Waals surface area (Å²) in [6.45, 7) is 1.35. The van der Waals surface area contributed by atoms with E-state index in [0.717, 1.165) is 34.6 Å². The second-order valence-corrected chi connectivity index (χ2v) is 9.08. The number of carbonyl (C=O) groups excluding carboxylic acids is 1. The molecule has 2 atom stereocenters. The molecular formula is C25H20BrClN2O4. The number of nitrogens with zero attached hydrogens (tertiary/aromatic N) is 2. The van der Waals surface area contributed by atoms with E-state index in [1.807, 2.05) is 53.5 Å². The molecule has 2 aliphatic heterocycles. The number of benzene rings is 3. The van der Waals surface area contributed by atoms with Gasteiger partial charge in [-0.25, -0.2) is 5.01 Å². The van der Waals surface area contributed by atoms with Crippen molar-refractivity contribution in [2.75, 3.05) is 7.11 Å². The predicted octanol–water partition coefficient (Wildman–Crippen LogP) is 6.28. The molecule has 33 heavy (non-hydrogen) atoms. The van der Waals surface area contributed by atoms with Crippen LogP contribution >= 0.6 is 27.5 Å². The highest BCUT2D eigenvalue weighted by molar-refractivity contribution is 9.10. The fourth-order valence-corrected chi connectivity index (χ4v) is 4.93. The van der Waals surface area contributed by atoms with Crippen LogP contribution in [-0.2, 0) is 4.79 Å². The molecule has 0 unspecified atom stereocenters. The minimum Gasteiger partial charge on any atom is -0.493 e. The normalized spacial score (nSPS) is 18.7. The molecule has 2 heterocycles. The lowest BCUT2D eigenvalue weighted by Crippen LogP contribution is -2.33. The molecule has 0 bridgehead atoms. The van der Waals surface area contributed by atoms with Gasteiger partial charge >= 0.3 is 5.97 Å². The van der Waals surface area contributed by atoms with Gasteiger partial charge in [0.05, 0.1) is 23.3 Å². The van der Waals surface area contributed by atoms with E-state index < -0.39 is 12.2 Å². The molecular weight excluding hydrogens is 508 g/mol. The first kappa shape index (κ1) is 21.8. The first-order chi connectivity index (χ1) is 15.9. The Morgan fingerprint density at radius 2 is 1.97 bits per heavy atom. The van der Waals surface area contributed by atoms with Crippen molar-refractivity contribution < 1.29 is 19.0 Å². The molecule has 0 radical (unpaired) electrons. The molecule has 3 aromatic carbocycles. The van der Waals surface area contributed by atoms with Gasteiger partial charge < -0.3 is 14.2 Å². The third kappa shape index (κ3) is 4.07. The summed E-state index contributed by atoms with van der Waals surface area (Å²) < 4.78 is 17.9. The van der Waals surface area contributed by atoms with Gasteiger partial charge in [-0.2, -0.15) is 5.10 Å². The number of hydrogen-bond donors (Lipinski definition) is 0. The Balaban J connectivity index is 1.61. The fourth-order valence-electron chi connectivity index (χ4n) is 4.21. The summed E-state index contributed by atoms with van der Waals surface area (Å²) in [5, 5.41) is 7.58. The summed E-state index contributed by atoms with van der Waals surface area (Å²) in [6, 6.07) is 19.4. The van der Waals surface area contributed by atoms with Crippen molar-refractivity contribution in [3.8, 4) is 17.2 Å². The number of halogens is 2. The number of hydrazone groups is 1. The van der Waals surface area contributed by atoms with Gasteiger partial charge in [0.25, 0.3) is 0 Å². The Hall–Kier alpha value is -3.03. The van der Waals surface area contributed by atoms with Crippen LogP contribution in [0.25, 0.3) is 0 Å². The van der Waals surface area contributed by atoms with Gasteiger partial charge in [0.2, 0.25) is 6.23 Å². The lowest BCUT2D eigenvalue weighted by Gasteiger charge is -2.38. The van der Waals surface area contributed by atoms with Crippen molar-refractivity contribution in [3.63, 3.8) is 0 Å². The fraction of sp³-hybridized carbons (Fsp3) is 0.200. The second-order valence-electron chi connectivity index (χ2n) is 7.79. The van der Waals surface area contributed by atoms with Crippen LogP contribution in [0, 0.1) is 0 Å². The molecule has 0 saturated heterocycles. The van der Waals surface area contributed by atoms with Crippen LogP contribution in [0.1, 0.15) is 42.3 Å². The predicted molar refractivity (Wildman–Crippen MR) is 129 cm³/mol. The van der Waals surface area contributed by atoms with Crippen LogP contribution in [0.4, 0.5) is 0 Å². The zero-order valence-corrected chi connectivity index (χ0v) is 20.3. The molecule has 0 saturated carbocycles. The van der Waals surface area contributed by atoms with Crippen LogP contribution in [0.3, 0.4) is 0 Å². The van der Waals surface area contributed by atoms with Gasteiger partial charge in [-0.1, -0.05) is 41.9 Å². The molecule has 168 valence electrons. The number of rotatable bonds is 4. The summed E-state index contributed by atoms with van der Waals surface area (Å²) in [5.74, 6) is 1.07. The molecule has 6 nitrogen and oxygen atoms in total. The third-order valence-electron chi connectivity index (χ3n) is 5.64. The number of carbonyl (C=O) groups is 1. The highest BCUT2D eigenvalue weighted by Gasteiger charge is 2.41. The molecule has 5 rings (SSSR count). The molecule has 2 aliphatic rings. The molecule has 0 N–H and O–H groups in total. The standard InChI is InChI=1S/C25H20BrClN2O4/c1-14(30)32-24-19(26)10-16(11-23(24)31-2)25-29-21(18-12-17(27)8-9-22(18)33-25)13-20(28-29)15-6-4-3-5-7-15/h3-12,21,25H,13H2,1-2H3/t21-,25+/m1/s1. The molecule has 0 fully saturated rings. The third-order valence-corrected chi connectivity index (χ3v) is 6.47. The van der Waals surface area contributed by atoms with Crippen LogP contribution in [0.15, 0.2) is 70.2 Å². The van der Waals surface area contributed by atoms with Crippen LogP contribution in [0.5, 0.6) is 17.2 Å². The maximum Gasteiger partial charge on any atom is 0.308 e. The number of ether oxygens (including phenoxy) is 3. The van der Waals surface area contributed by atoms with Crippen LogP contribution < -0.4 is 14.2 Å². The van der Waals surface area contributed by atoms with Gasteiger partial charge in [0.1, 0.15) is 5.75 Å². The monoisotopic (exact) mass is 526 g/mol. The maximum absolute atomic E-state index is 11.5. The van der Waals surface area contributed by atoms with Gasteiger partial charge in [-0.05, 0) is 51.8 Å².